The van der Waals surface area contributed by atoms with Gasteiger partial charge in [-0.05, 0) is 50.7 Å². The van der Waals surface area contributed by atoms with Crippen LogP contribution in [0, 0.1) is 5.92 Å². The number of nitrogens with zero attached hydrogens (tertiary/aromatic N) is 3. The SMILES string of the molecule is C[C@@H]1COCCN1C(=O)C1CCc2c(sc3ncnc(Nc4cc5c(s4)C(=O)NC54CCCCC4)c23)C1. The number of carbonyl (C=O) groups excluding carboxylic acids is 2. The van der Waals surface area contributed by atoms with Crippen molar-refractivity contribution in [3.63, 3.8) is 0 Å². The maximum Gasteiger partial charge on any atom is 0.262 e. The molecule has 0 radical (unpaired) electrons. The van der Waals surface area contributed by atoms with Gasteiger partial charge in [-0.15, -0.1) is 22.7 Å². The van der Waals surface area contributed by atoms with Crippen LogP contribution in [-0.4, -0.2) is 52.5 Å². The summed E-state index contributed by atoms with van der Waals surface area (Å²) in [6.45, 7) is 3.99. The van der Waals surface area contributed by atoms with Gasteiger partial charge in [-0.2, -0.15) is 0 Å². The van der Waals surface area contributed by atoms with E-state index in [9.17, 15) is 9.59 Å². The zero-order valence-electron chi connectivity index (χ0n) is 21.0. The molecule has 2 aliphatic carbocycles. The highest BCUT2D eigenvalue weighted by Gasteiger charge is 2.45. The first kappa shape index (κ1) is 23.5. The van der Waals surface area contributed by atoms with Gasteiger partial charge in [0.15, 0.2) is 0 Å². The van der Waals surface area contributed by atoms with Crippen molar-refractivity contribution in [1.82, 2.24) is 20.2 Å². The number of hydrogen-bond donors (Lipinski definition) is 2. The van der Waals surface area contributed by atoms with Gasteiger partial charge < -0.3 is 20.3 Å². The molecule has 2 fully saturated rings. The van der Waals surface area contributed by atoms with Crippen LogP contribution in [0.1, 0.15) is 71.1 Å². The first-order valence-corrected chi connectivity index (χ1v) is 15.0. The lowest BCUT2D eigenvalue weighted by Gasteiger charge is -2.36. The molecule has 0 aromatic carbocycles. The first-order valence-electron chi connectivity index (χ1n) is 13.4. The molecule has 2 aliphatic heterocycles. The van der Waals surface area contributed by atoms with Crippen LogP contribution in [0.3, 0.4) is 0 Å². The molecule has 5 heterocycles. The average molecular weight is 538 g/mol. The minimum atomic E-state index is -0.191. The molecule has 0 bridgehead atoms. The van der Waals surface area contributed by atoms with E-state index in [1.165, 1.54) is 28.2 Å². The van der Waals surface area contributed by atoms with E-state index in [1.807, 2.05) is 4.90 Å². The van der Waals surface area contributed by atoms with E-state index in [0.717, 1.165) is 76.4 Å². The number of aryl methyl sites for hydroxylation is 1. The van der Waals surface area contributed by atoms with Crippen molar-refractivity contribution >= 4 is 55.5 Å². The predicted molar refractivity (Wildman–Crippen MR) is 145 cm³/mol. The Morgan fingerprint density at radius 1 is 1.24 bits per heavy atom. The van der Waals surface area contributed by atoms with Crippen molar-refractivity contribution in [3.8, 4) is 0 Å². The smallest absolute Gasteiger partial charge is 0.262 e. The number of amides is 2. The molecular formula is C27H31N5O3S2. The molecule has 2 atom stereocenters. The van der Waals surface area contributed by atoms with Gasteiger partial charge in [-0.25, -0.2) is 9.97 Å². The third-order valence-electron chi connectivity index (χ3n) is 8.60. The summed E-state index contributed by atoms with van der Waals surface area (Å²) in [6, 6.07) is 2.29. The van der Waals surface area contributed by atoms with E-state index in [-0.39, 0.29) is 29.3 Å². The zero-order chi connectivity index (χ0) is 25.1. The summed E-state index contributed by atoms with van der Waals surface area (Å²) >= 11 is 3.21. The molecule has 3 aromatic heterocycles. The first-order chi connectivity index (χ1) is 18.0. The van der Waals surface area contributed by atoms with Crippen LogP contribution in [0.2, 0.25) is 0 Å². The number of hydrogen-bond acceptors (Lipinski definition) is 8. The predicted octanol–water partition coefficient (Wildman–Crippen LogP) is 4.75. The summed E-state index contributed by atoms with van der Waals surface area (Å²) in [4.78, 5) is 40.4. The monoisotopic (exact) mass is 537 g/mol. The standard InChI is InChI=1S/C27H31N5O3S2/c1-15-13-35-10-9-32(15)26(34)16-5-6-17-19(11-16)36-25-21(17)23(28-14-29-25)30-20-12-18-22(37-20)24(33)31-27(18)7-3-2-4-8-27/h12,14-16H,2-11,13H2,1H3,(H,31,33)(H,28,29,30)/t15-,16?/m1/s1. The second-order valence-corrected chi connectivity index (χ2v) is 13.0. The summed E-state index contributed by atoms with van der Waals surface area (Å²) in [5.41, 5.74) is 2.23. The fourth-order valence-corrected chi connectivity index (χ4v) is 9.01. The molecule has 1 saturated carbocycles. The quantitative estimate of drug-likeness (QED) is 0.501. The minimum absolute atomic E-state index is 0.0101. The van der Waals surface area contributed by atoms with Crippen LogP contribution < -0.4 is 10.6 Å². The van der Waals surface area contributed by atoms with Gasteiger partial charge in [0.05, 0.1) is 40.1 Å². The highest BCUT2D eigenvalue weighted by atomic mass is 32.1. The Kier molecular flexibility index (Phi) is 5.74. The van der Waals surface area contributed by atoms with Crippen LogP contribution in [0.5, 0.6) is 0 Å². The fraction of sp³-hybridized carbons (Fsp3) is 0.556. The van der Waals surface area contributed by atoms with Crippen LogP contribution in [0.4, 0.5) is 10.8 Å². The second-order valence-electron chi connectivity index (χ2n) is 10.9. The number of aromatic nitrogens is 2. The Morgan fingerprint density at radius 2 is 2.11 bits per heavy atom. The molecule has 1 unspecified atom stereocenters. The third kappa shape index (κ3) is 3.87. The molecule has 10 heteroatoms. The van der Waals surface area contributed by atoms with E-state index < -0.39 is 0 Å². The largest absolute Gasteiger partial charge is 0.377 e. The van der Waals surface area contributed by atoms with Crippen LogP contribution in [-0.2, 0) is 27.9 Å². The number of carbonyl (C=O) groups is 2. The summed E-state index contributed by atoms with van der Waals surface area (Å²) in [7, 11) is 0. The molecule has 2 N–H and O–H groups in total. The molecule has 1 saturated heterocycles. The van der Waals surface area contributed by atoms with Gasteiger partial charge >= 0.3 is 0 Å². The lowest BCUT2D eigenvalue weighted by molar-refractivity contribution is -0.143. The zero-order valence-corrected chi connectivity index (χ0v) is 22.6. The number of ether oxygens (including phenoxy) is 1. The average Bonchev–Trinajstić information content (AvgIpc) is 3.57. The van der Waals surface area contributed by atoms with Crippen molar-refractivity contribution in [2.45, 2.75) is 69.9 Å². The van der Waals surface area contributed by atoms with E-state index in [4.69, 9.17) is 4.74 Å². The fourth-order valence-electron chi connectivity index (χ4n) is 6.69. The van der Waals surface area contributed by atoms with Crippen molar-refractivity contribution in [3.05, 3.63) is 33.3 Å². The molecule has 4 aliphatic rings. The van der Waals surface area contributed by atoms with E-state index >= 15 is 0 Å². The number of anilines is 2. The van der Waals surface area contributed by atoms with Crippen LogP contribution >= 0.6 is 22.7 Å². The Hall–Kier alpha value is -2.56. The van der Waals surface area contributed by atoms with Crippen molar-refractivity contribution in [1.29, 1.82) is 0 Å². The van der Waals surface area contributed by atoms with E-state index in [0.29, 0.717) is 19.8 Å². The number of nitrogens with one attached hydrogen (secondary N) is 2. The summed E-state index contributed by atoms with van der Waals surface area (Å²) in [6.07, 6.45) is 9.63. The molecule has 194 valence electrons. The molecule has 8 nitrogen and oxygen atoms in total. The van der Waals surface area contributed by atoms with Gasteiger partial charge in [-0.3, -0.25) is 9.59 Å². The van der Waals surface area contributed by atoms with E-state index in [2.05, 4.69) is 33.6 Å². The van der Waals surface area contributed by atoms with Gasteiger partial charge in [0, 0.05) is 22.9 Å². The number of rotatable bonds is 3. The molecule has 3 aromatic rings. The number of fused-ring (bicyclic) bond motifs is 5. The summed E-state index contributed by atoms with van der Waals surface area (Å²) in [5.74, 6) is 1.12. The second kappa shape index (κ2) is 9.03. The van der Waals surface area contributed by atoms with Crippen LogP contribution in [0.25, 0.3) is 10.2 Å². The molecular weight excluding hydrogens is 506 g/mol. The van der Waals surface area contributed by atoms with E-state index in [1.54, 1.807) is 17.7 Å². The van der Waals surface area contributed by atoms with Crippen molar-refractivity contribution < 1.29 is 14.3 Å². The highest BCUT2D eigenvalue weighted by Crippen LogP contribution is 2.48. The molecule has 37 heavy (non-hydrogen) atoms. The van der Waals surface area contributed by atoms with Gasteiger partial charge in [-0.1, -0.05) is 19.3 Å². The van der Waals surface area contributed by atoms with Gasteiger partial charge in [0.2, 0.25) is 5.91 Å². The normalized spacial score (nSPS) is 24.7. The Bertz CT molecular complexity index is 1390. The van der Waals surface area contributed by atoms with Crippen LogP contribution in [0.15, 0.2) is 12.4 Å². The van der Waals surface area contributed by atoms with Gasteiger partial charge in [0.1, 0.15) is 17.0 Å². The topological polar surface area (TPSA) is 96.4 Å². The lowest BCUT2D eigenvalue weighted by atomic mass is 9.78. The molecule has 2 amide bonds. The molecule has 7 rings (SSSR count). The number of morpholine rings is 1. The minimum Gasteiger partial charge on any atom is -0.377 e. The summed E-state index contributed by atoms with van der Waals surface area (Å²) in [5, 5.41) is 8.87. The maximum atomic E-state index is 13.3. The Morgan fingerprint density at radius 3 is 2.95 bits per heavy atom. The Balaban J connectivity index is 1.16. The molecule has 1 spiro atoms. The van der Waals surface area contributed by atoms with Gasteiger partial charge in [0.25, 0.3) is 5.91 Å². The highest BCUT2D eigenvalue weighted by molar-refractivity contribution is 7.19. The summed E-state index contributed by atoms with van der Waals surface area (Å²) < 4.78 is 5.53. The lowest BCUT2D eigenvalue weighted by Crippen LogP contribution is -2.50. The maximum absolute atomic E-state index is 13.3. The van der Waals surface area contributed by atoms with Crippen molar-refractivity contribution in [2.75, 3.05) is 25.1 Å². The van der Waals surface area contributed by atoms with Crippen molar-refractivity contribution in [2.24, 2.45) is 5.92 Å². The number of thiophene rings is 2. The third-order valence-corrected chi connectivity index (χ3v) is 10.8. The Labute approximate surface area is 223 Å².